The molecule has 0 N–H and O–H groups in total. The van der Waals surface area contributed by atoms with Crippen molar-refractivity contribution in [2.45, 2.75) is 26.8 Å². The molecule has 2 aliphatic rings. The molecular weight excluding hydrogens is 376 g/mol. The number of hydrogen-bond acceptors (Lipinski definition) is 5. The predicted molar refractivity (Wildman–Crippen MR) is 116 cm³/mol. The normalized spacial score (nSPS) is 16.5. The topological polar surface area (TPSA) is 58.6 Å². The standard InChI is InChI=1S/C24H26N4O2/c1-16-17(2)26-22-14-20(4-5-21(22)25-16)24(29)28-10-8-27(9-11-28)15-18-3-6-23-19(13-18)7-12-30-23/h3-6,13-14H,7-12,15H2,1-2H3. The third-order valence-corrected chi connectivity index (χ3v) is 6.14. The van der Waals surface area contributed by atoms with Crippen LogP contribution < -0.4 is 4.74 Å². The van der Waals surface area contributed by atoms with Crippen molar-refractivity contribution in [2.75, 3.05) is 32.8 Å². The van der Waals surface area contributed by atoms with Crippen LogP contribution in [0.4, 0.5) is 0 Å². The summed E-state index contributed by atoms with van der Waals surface area (Å²) in [6.45, 7) is 8.85. The second kappa shape index (κ2) is 7.69. The number of aryl methyl sites for hydroxylation is 2. The smallest absolute Gasteiger partial charge is 0.254 e. The van der Waals surface area contributed by atoms with E-state index in [1.54, 1.807) is 0 Å². The summed E-state index contributed by atoms with van der Waals surface area (Å²) >= 11 is 0. The lowest BCUT2D eigenvalue weighted by molar-refractivity contribution is 0.0628. The largest absolute Gasteiger partial charge is 0.493 e. The van der Waals surface area contributed by atoms with E-state index < -0.39 is 0 Å². The van der Waals surface area contributed by atoms with Crippen LogP contribution >= 0.6 is 0 Å². The molecule has 3 heterocycles. The molecule has 0 aliphatic carbocycles. The van der Waals surface area contributed by atoms with Crippen LogP contribution in [-0.2, 0) is 13.0 Å². The SMILES string of the molecule is Cc1nc2ccc(C(=O)N3CCN(Cc4ccc5c(c4)CCO5)CC3)cc2nc1C. The number of rotatable bonds is 3. The minimum absolute atomic E-state index is 0.0752. The van der Waals surface area contributed by atoms with Gasteiger partial charge in [-0.2, -0.15) is 0 Å². The zero-order chi connectivity index (χ0) is 20.7. The minimum atomic E-state index is 0.0752. The summed E-state index contributed by atoms with van der Waals surface area (Å²) in [6.07, 6.45) is 1.00. The molecule has 2 aliphatic heterocycles. The number of fused-ring (bicyclic) bond motifs is 2. The van der Waals surface area contributed by atoms with E-state index in [-0.39, 0.29) is 5.91 Å². The van der Waals surface area contributed by atoms with Gasteiger partial charge in [0, 0.05) is 44.7 Å². The number of hydrogen-bond donors (Lipinski definition) is 0. The van der Waals surface area contributed by atoms with Crippen LogP contribution in [0, 0.1) is 13.8 Å². The molecule has 30 heavy (non-hydrogen) atoms. The first-order chi connectivity index (χ1) is 14.6. The van der Waals surface area contributed by atoms with Crippen LogP contribution in [0.2, 0.25) is 0 Å². The van der Waals surface area contributed by atoms with Crippen molar-refractivity contribution in [3.63, 3.8) is 0 Å². The molecule has 2 aromatic carbocycles. The third kappa shape index (κ3) is 3.63. The van der Waals surface area contributed by atoms with E-state index >= 15 is 0 Å². The quantitative estimate of drug-likeness (QED) is 0.674. The van der Waals surface area contributed by atoms with Gasteiger partial charge in [0.15, 0.2) is 0 Å². The number of aromatic nitrogens is 2. The molecule has 3 aromatic rings. The molecule has 1 saturated heterocycles. The number of amides is 1. The fourth-order valence-corrected chi connectivity index (χ4v) is 4.25. The molecule has 1 aromatic heterocycles. The van der Waals surface area contributed by atoms with Gasteiger partial charge in [-0.05, 0) is 49.2 Å². The highest BCUT2D eigenvalue weighted by Gasteiger charge is 2.23. The molecule has 0 saturated carbocycles. The van der Waals surface area contributed by atoms with E-state index in [0.29, 0.717) is 5.56 Å². The molecule has 0 spiro atoms. The van der Waals surface area contributed by atoms with E-state index in [1.807, 2.05) is 36.9 Å². The number of carbonyl (C=O) groups excluding carboxylic acids is 1. The molecule has 0 bridgehead atoms. The first-order valence-corrected chi connectivity index (χ1v) is 10.6. The van der Waals surface area contributed by atoms with E-state index in [0.717, 1.165) is 73.9 Å². The summed E-state index contributed by atoms with van der Waals surface area (Å²) in [7, 11) is 0. The Bertz CT molecular complexity index is 1120. The van der Waals surface area contributed by atoms with Gasteiger partial charge in [0.25, 0.3) is 5.91 Å². The van der Waals surface area contributed by atoms with E-state index in [4.69, 9.17) is 4.74 Å². The van der Waals surface area contributed by atoms with Crippen molar-refractivity contribution < 1.29 is 9.53 Å². The van der Waals surface area contributed by atoms with Gasteiger partial charge in [-0.1, -0.05) is 12.1 Å². The van der Waals surface area contributed by atoms with Gasteiger partial charge in [0.1, 0.15) is 5.75 Å². The predicted octanol–water partition coefficient (Wildman–Crippen LogP) is 3.14. The molecular formula is C24H26N4O2. The van der Waals surface area contributed by atoms with Crippen molar-refractivity contribution in [3.8, 4) is 5.75 Å². The van der Waals surface area contributed by atoms with E-state index in [1.165, 1.54) is 11.1 Å². The summed E-state index contributed by atoms with van der Waals surface area (Å²) in [4.78, 5) is 26.6. The molecule has 1 amide bonds. The Kier molecular flexibility index (Phi) is 4.87. The average molecular weight is 402 g/mol. The van der Waals surface area contributed by atoms with Crippen molar-refractivity contribution in [3.05, 3.63) is 64.5 Å². The lowest BCUT2D eigenvalue weighted by atomic mass is 10.1. The number of benzene rings is 2. The van der Waals surface area contributed by atoms with Crippen molar-refractivity contribution in [1.29, 1.82) is 0 Å². The second-order valence-electron chi connectivity index (χ2n) is 8.21. The molecule has 5 rings (SSSR count). The van der Waals surface area contributed by atoms with E-state index in [9.17, 15) is 4.79 Å². The Balaban J connectivity index is 1.23. The molecule has 0 radical (unpaired) electrons. The Morgan fingerprint density at radius 3 is 2.53 bits per heavy atom. The number of nitrogens with zero attached hydrogens (tertiary/aromatic N) is 4. The summed E-state index contributed by atoms with van der Waals surface area (Å²) < 4.78 is 5.60. The lowest BCUT2D eigenvalue weighted by Gasteiger charge is -2.35. The fourth-order valence-electron chi connectivity index (χ4n) is 4.25. The third-order valence-electron chi connectivity index (χ3n) is 6.14. The number of ether oxygens (including phenoxy) is 1. The van der Waals surface area contributed by atoms with Gasteiger partial charge in [0.05, 0.1) is 29.0 Å². The maximum atomic E-state index is 13.0. The van der Waals surface area contributed by atoms with Crippen LogP contribution in [0.1, 0.15) is 32.9 Å². The lowest BCUT2D eigenvalue weighted by Crippen LogP contribution is -2.48. The summed E-state index contributed by atoms with van der Waals surface area (Å²) in [5.74, 6) is 1.10. The average Bonchev–Trinajstić information content (AvgIpc) is 3.22. The highest BCUT2D eigenvalue weighted by molar-refractivity contribution is 5.97. The van der Waals surface area contributed by atoms with Crippen LogP contribution in [0.5, 0.6) is 5.75 Å². The van der Waals surface area contributed by atoms with Crippen LogP contribution in [0.3, 0.4) is 0 Å². The molecule has 1 fully saturated rings. The summed E-state index contributed by atoms with van der Waals surface area (Å²) in [5.41, 5.74) is 6.76. The van der Waals surface area contributed by atoms with E-state index in [2.05, 4.69) is 33.1 Å². The highest BCUT2D eigenvalue weighted by atomic mass is 16.5. The summed E-state index contributed by atoms with van der Waals surface area (Å²) in [5, 5.41) is 0. The maximum Gasteiger partial charge on any atom is 0.254 e. The minimum Gasteiger partial charge on any atom is -0.493 e. The van der Waals surface area contributed by atoms with Crippen molar-refractivity contribution in [1.82, 2.24) is 19.8 Å². The Morgan fingerprint density at radius 2 is 1.73 bits per heavy atom. The monoisotopic (exact) mass is 402 g/mol. The Labute approximate surface area is 176 Å². The van der Waals surface area contributed by atoms with Gasteiger partial charge in [-0.3, -0.25) is 9.69 Å². The Morgan fingerprint density at radius 1 is 0.967 bits per heavy atom. The van der Waals surface area contributed by atoms with Crippen molar-refractivity contribution >= 4 is 16.9 Å². The molecule has 6 heteroatoms. The van der Waals surface area contributed by atoms with Crippen LogP contribution in [0.25, 0.3) is 11.0 Å². The summed E-state index contributed by atoms with van der Waals surface area (Å²) in [6, 6.07) is 12.1. The zero-order valence-corrected chi connectivity index (χ0v) is 17.5. The highest BCUT2D eigenvalue weighted by Crippen LogP contribution is 2.26. The first kappa shape index (κ1) is 19.0. The van der Waals surface area contributed by atoms with Gasteiger partial charge >= 0.3 is 0 Å². The van der Waals surface area contributed by atoms with Crippen LogP contribution in [0.15, 0.2) is 36.4 Å². The zero-order valence-electron chi connectivity index (χ0n) is 17.5. The maximum absolute atomic E-state index is 13.0. The molecule has 0 atom stereocenters. The second-order valence-corrected chi connectivity index (χ2v) is 8.21. The molecule has 0 unspecified atom stereocenters. The fraction of sp³-hybridized carbons (Fsp3) is 0.375. The van der Waals surface area contributed by atoms with Crippen LogP contribution in [-0.4, -0.2) is 58.5 Å². The van der Waals surface area contributed by atoms with Gasteiger partial charge in [0.2, 0.25) is 0 Å². The first-order valence-electron chi connectivity index (χ1n) is 10.6. The Hall–Kier alpha value is -2.99. The molecule has 154 valence electrons. The van der Waals surface area contributed by atoms with Gasteiger partial charge < -0.3 is 9.64 Å². The van der Waals surface area contributed by atoms with Gasteiger partial charge in [-0.25, -0.2) is 9.97 Å². The molecule has 6 nitrogen and oxygen atoms in total. The number of piperazine rings is 1. The number of carbonyl (C=O) groups is 1. The van der Waals surface area contributed by atoms with Gasteiger partial charge in [-0.15, -0.1) is 0 Å². The van der Waals surface area contributed by atoms with Crippen molar-refractivity contribution in [2.24, 2.45) is 0 Å².